The zero-order chi connectivity index (χ0) is 16.3. The minimum atomic E-state index is -0.992. The first-order valence-corrected chi connectivity index (χ1v) is 8.12. The second-order valence-electron chi connectivity index (χ2n) is 4.82. The molecule has 0 radical (unpaired) electrons. The van der Waals surface area contributed by atoms with Gasteiger partial charge in [0.05, 0.1) is 9.35 Å². The molecular weight excluding hydrogens is 376 g/mol. The van der Waals surface area contributed by atoms with Gasteiger partial charge in [0.1, 0.15) is 5.00 Å². The normalized spacial score (nSPS) is 17.9. The number of piperidine rings is 1. The maximum atomic E-state index is 12.3. The van der Waals surface area contributed by atoms with Crippen LogP contribution < -0.4 is 16.4 Å². The quantitative estimate of drug-likeness (QED) is 0.628. The number of anilines is 1. The third-order valence-electron chi connectivity index (χ3n) is 3.21. The molecule has 4 amide bonds. The summed E-state index contributed by atoms with van der Waals surface area (Å²) in [5.41, 5.74) is 5.37. The van der Waals surface area contributed by atoms with Gasteiger partial charge in [-0.05, 0) is 34.8 Å². The van der Waals surface area contributed by atoms with Crippen molar-refractivity contribution in [2.24, 2.45) is 5.73 Å². The van der Waals surface area contributed by atoms with E-state index in [1.807, 2.05) is 0 Å². The largest absolute Gasteiger partial charge is 0.465 e. The summed E-state index contributed by atoms with van der Waals surface area (Å²) >= 11 is 4.43. The van der Waals surface area contributed by atoms with Gasteiger partial charge in [0.2, 0.25) is 0 Å². The number of rotatable bonds is 3. The van der Waals surface area contributed by atoms with Gasteiger partial charge >= 0.3 is 12.1 Å². The van der Waals surface area contributed by atoms with Crippen LogP contribution in [0.5, 0.6) is 0 Å². The van der Waals surface area contributed by atoms with Crippen LogP contribution in [-0.2, 0) is 0 Å². The molecule has 1 saturated heterocycles. The maximum Gasteiger partial charge on any atom is 0.407 e. The summed E-state index contributed by atoms with van der Waals surface area (Å²) in [5, 5.41) is 14.5. The van der Waals surface area contributed by atoms with Crippen molar-refractivity contribution in [2.45, 2.75) is 18.9 Å². The zero-order valence-corrected chi connectivity index (χ0v) is 13.9. The van der Waals surface area contributed by atoms with Gasteiger partial charge in [0.25, 0.3) is 5.91 Å². The van der Waals surface area contributed by atoms with Gasteiger partial charge in [0, 0.05) is 19.1 Å². The van der Waals surface area contributed by atoms with Gasteiger partial charge < -0.3 is 21.1 Å². The molecule has 1 atom stereocenters. The fourth-order valence-electron chi connectivity index (χ4n) is 2.27. The second-order valence-corrected chi connectivity index (χ2v) is 7.26. The highest BCUT2D eigenvalue weighted by atomic mass is 79.9. The molecule has 1 aromatic heterocycles. The number of halogens is 1. The van der Waals surface area contributed by atoms with E-state index < -0.39 is 12.1 Å². The highest BCUT2D eigenvalue weighted by Crippen LogP contribution is 2.32. The summed E-state index contributed by atoms with van der Waals surface area (Å²) in [7, 11) is 0. The Morgan fingerprint density at radius 2 is 2.18 bits per heavy atom. The van der Waals surface area contributed by atoms with Crippen molar-refractivity contribution in [2.75, 3.05) is 18.4 Å². The lowest BCUT2D eigenvalue weighted by molar-refractivity contribution is 0.0889. The number of hydrogen-bond donors (Lipinski definition) is 4. The summed E-state index contributed by atoms with van der Waals surface area (Å²) in [4.78, 5) is 35.5. The number of nitrogens with two attached hydrogens (primary N) is 1. The molecule has 0 aromatic carbocycles. The number of hydrogen-bond acceptors (Lipinski definition) is 4. The molecule has 10 heteroatoms. The Labute approximate surface area is 138 Å². The van der Waals surface area contributed by atoms with Crippen LogP contribution in [0.15, 0.2) is 9.85 Å². The zero-order valence-electron chi connectivity index (χ0n) is 11.5. The lowest BCUT2D eigenvalue weighted by atomic mass is 10.1. The first kappa shape index (κ1) is 16.6. The van der Waals surface area contributed by atoms with Crippen LogP contribution in [0, 0.1) is 0 Å². The van der Waals surface area contributed by atoms with Gasteiger partial charge in [-0.3, -0.25) is 10.1 Å². The number of primary amides is 1. The maximum absolute atomic E-state index is 12.3. The van der Waals surface area contributed by atoms with E-state index in [-0.39, 0.29) is 18.5 Å². The summed E-state index contributed by atoms with van der Waals surface area (Å²) < 4.78 is 0.678. The van der Waals surface area contributed by atoms with Crippen LogP contribution in [-0.4, -0.2) is 47.2 Å². The molecule has 120 valence electrons. The molecule has 8 nitrogen and oxygen atoms in total. The predicted molar refractivity (Wildman–Crippen MR) is 85.3 cm³/mol. The Kier molecular flexibility index (Phi) is 5.24. The molecule has 0 saturated carbocycles. The number of urea groups is 1. The SMILES string of the molecule is NC(=O)Nc1sc(Br)cc1C(=O)NC1CCCN(C(=O)O)C1. The number of nitrogens with one attached hydrogen (secondary N) is 2. The Hall–Kier alpha value is -1.81. The number of carboxylic acid groups (broad SMARTS) is 1. The van der Waals surface area contributed by atoms with E-state index in [4.69, 9.17) is 10.8 Å². The van der Waals surface area contributed by atoms with Gasteiger partial charge in [-0.2, -0.15) is 0 Å². The average molecular weight is 391 g/mol. The van der Waals surface area contributed by atoms with Gasteiger partial charge in [0.15, 0.2) is 0 Å². The monoisotopic (exact) mass is 390 g/mol. The number of likely N-dealkylation sites (tertiary alicyclic amines) is 1. The van der Waals surface area contributed by atoms with Crippen molar-refractivity contribution in [1.29, 1.82) is 0 Å². The molecule has 2 rings (SSSR count). The number of thiophene rings is 1. The van der Waals surface area contributed by atoms with Crippen LogP contribution in [0.2, 0.25) is 0 Å². The molecule has 0 spiro atoms. The van der Waals surface area contributed by atoms with E-state index >= 15 is 0 Å². The Bertz CT molecular complexity index is 606. The molecule has 1 fully saturated rings. The fraction of sp³-hybridized carbons (Fsp3) is 0.417. The first-order chi connectivity index (χ1) is 10.4. The van der Waals surface area contributed by atoms with E-state index in [1.165, 1.54) is 16.2 Å². The van der Waals surface area contributed by atoms with Crippen LogP contribution in [0.1, 0.15) is 23.2 Å². The molecule has 1 unspecified atom stereocenters. The van der Waals surface area contributed by atoms with Gasteiger partial charge in [-0.15, -0.1) is 11.3 Å². The third kappa shape index (κ3) is 4.10. The highest BCUT2D eigenvalue weighted by Gasteiger charge is 2.26. The Morgan fingerprint density at radius 3 is 2.82 bits per heavy atom. The minimum absolute atomic E-state index is 0.252. The van der Waals surface area contributed by atoms with Gasteiger partial charge in [-0.1, -0.05) is 0 Å². The molecular formula is C12H15BrN4O4S. The smallest absolute Gasteiger partial charge is 0.407 e. The molecule has 1 aromatic rings. The molecule has 5 N–H and O–H groups in total. The van der Waals surface area contributed by atoms with E-state index in [0.29, 0.717) is 33.7 Å². The number of carbonyl (C=O) groups is 3. The summed E-state index contributed by atoms with van der Waals surface area (Å²) in [6.07, 6.45) is 0.407. The van der Waals surface area contributed by atoms with E-state index in [0.717, 1.165) is 0 Å². The van der Waals surface area contributed by atoms with Crippen molar-refractivity contribution in [1.82, 2.24) is 10.2 Å². The van der Waals surface area contributed by atoms with E-state index in [2.05, 4.69) is 26.6 Å². The molecule has 0 aliphatic carbocycles. The summed E-state index contributed by atoms with van der Waals surface area (Å²) in [5.74, 6) is -0.372. The summed E-state index contributed by atoms with van der Waals surface area (Å²) in [6.45, 7) is 0.727. The van der Waals surface area contributed by atoms with Crippen LogP contribution in [0.3, 0.4) is 0 Å². The van der Waals surface area contributed by atoms with E-state index in [1.54, 1.807) is 6.07 Å². The fourth-order valence-corrected chi connectivity index (χ4v) is 3.77. The molecule has 22 heavy (non-hydrogen) atoms. The van der Waals surface area contributed by atoms with Crippen LogP contribution in [0.4, 0.5) is 14.6 Å². The average Bonchev–Trinajstić information content (AvgIpc) is 2.79. The molecule has 1 aliphatic rings. The van der Waals surface area contributed by atoms with Crippen molar-refractivity contribution >= 4 is 50.3 Å². The number of amides is 4. The Morgan fingerprint density at radius 1 is 1.45 bits per heavy atom. The van der Waals surface area contributed by atoms with E-state index in [9.17, 15) is 14.4 Å². The highest BCUT2D eigenvalue weighted by molar-refractivity contribution is 9.11. The van der Waals surface area contributed by atoms with Crippen LogP contribution in [0.25, 0.3) is 0 Å². The molecule has 0 bridgehead atoms. The lowest BCUT2D eigenvalue weighted by Gasteiger charge is -2.31. The standard InChI is InChI=1S/C12H15BrN4O4S/c13-8-4-7(10(22-8)16-11(14)19)9(18)15-6-2-1-3-17(5-6)12(20)21/h4,6H,1-3,5H2,(H,15,18)(H,20,21)(H3,14,16,19). The number of carbonyl (C=O) groups excluding carboxylic acids is 2. The van der Waals surface area contributed by atoms with Crippen molar-refractivity contribution in [3.63, 3.8) is 0 Å². The first-order valence-electron chi connectivity index (χ1n) is 6.51. The minimum Gasteiger partial charge on any atom is -0.465 e. The third-order valence-corrected chi connectivity index (χ3v) is 4.76. The molecule has 1 aliphatic heterocycles. The topological polar surface area (TPSA) is 125 Å². The number of nitrogens with zero attached hydrogens (tertiary/aromatic N) is 1. The summed E-state index contributed by atoms with van der Waals surface area (Å²) in [6, 6.07) is 0.582. The molecule has 2 heterocycles. The van der Waals surface area contributed by atoms with Crippen molar-refractivity contribution < 1.29 is 19.5 Å². The predicted octanol–water partition coefficient (Wildman–Crippen LogP) is 1.87. The van der Waals surface area contributed by atoms with Crippen molar-refractivity contribution in [3.05, 3.63) is 15.4 Å². The van der Waals surface area contributed by atoms with Gasteiger partial charge in [-0.25, -0.2) is 9.59 Å². The Balaban J connectivity index is 2.06. The lowest BCUT2D eigenvalue weighted by Crippen LogP contribution is -2.49. The van der Waals surface area contributed by atoms with Crippen molar-refractivity contribution in [3.8, 4) is 0 Å². The van der Waals surface area contributed by atoms with Crippen LogP contribution >= 0.6 is 27.3 Å². The second kappa shape index (κ2) is 6.97.